The molecule has 0 aliphatic rings. The molecule has 0 amide bonds. The molecule has 0 aliphatic heterocycles. The van der Waals surface area contributed by atoms with Crippen LogP contribution in [0.15, 0.2) is 28.9 Å². The highest BCUT2D eigenvalue weighted by Crippen LogP contribution is 2.25. The first kappa shape index (κ1) is 12.2. The number of hydrogen-bond acceptors (Lipinski definition) is 2. The molecule has 0 atom stereocenters. The van der Waals surface area contributed by atoms with Crippen molar-refractivity contribution in [1.29, 1.82) is 0 Å². The fraction of sp³-hybridized carbons (Fsp3) is 0.308. The zero-order valence-electron chi connectivity index (χ0n) is 10.3. The van der Waals surface area contributed by atoms with Crippen LogP contribution in [0.25, 0.3) is 0 Å². The lowest BCUT2D eigenvalue weighted by Gasteiger charge is -2.12. The largest absolute Gasteiger partial charge is 0.379 e. The molecule has 0 spiro atoms. The maximum absolute atomic E-state index is 4.35. The lowest BCUT2D eigenvalue weighted by Crippen LogP contribution is -2.04. The molecule has 2 rings (SSSR count). The highest BCUT2D eigenvalue weighted by atomic mass is 79.9. The van der Waals surface area contributed by atoms with Crippen LogP contribution < -0.4 is 5.32 Å². The minimum absolute atomic E-state index is 0.754. The second kappa shape index (κ2) is 4.92. The van der Waals surface area contributed by atoms with Crippen molar-refractivity contribution in [2.45, 2.75) is 20.4 Å². The van der Waals surface area contributed by atoms with Gasteiger partial charge < -0.3 is 5.32 Å². The van der Waals surface area contributed by atoms with Crippen LogP contribution in [0.1, 0.15) is 16.8 Å². The van der Waals surface area contributed by atoms with Gasteiger partial charge >= 0.3 is 0 Å². The number of nitrogens with one attached hydrogen (secondary N) is 1. The number of aromatic nitrogens is 2. The van der Waals surface area contributed by atoms with Gasteiger partial charge in [-0.25, -0.2) is 0 Å². The first-order valence-corrected chi connectivity index (χ1v) is 6.34. The van der Waals surface area contributed by atoms with Gasteiger partial charge in [0.25, 0.3) is 0 Å². The summed E-state index contributed by atoms with van der Waals surface area (Å²) in [6, 6.07) is 6.26. The van der Waals surface area contributed by atoms with Gasteiger partial charge in [0.05, 0.1) is 12.2 Å². The Hall–Kier alpha value is -1.29. The number of anilines is 1. The Kier molecular flexibility index (Phi) is 3.52. The van der Waals surface area contributed by atoms with Crippen molar-refractivity contribution in [2.75, 3.05) is 5.32 Å². The summed E-state index contributed by atoms with van der Waals surface area (Å²) >= 11 is 3.50. The minimum Gasteiger partial charge on any atom is -0.379 e. The van der Waals surface area contributed by atoms with E-state index in [1.807, 2.05) is 24.0 Å². The smallest absolute Gasteiger partial charge is 0.0815 e. The Morgan fingerprint density at radius 1 is 1.29 bits per heavy atom. The summed E-state index contributed by atoms with van der Waals surface area (Å²) in [6.45, 7) is 4.97. The lowest BCUT2D eigenvalue weighted by atomic mass is 10.1. The molecule has 90 valence electrons. The lowest BCUT2D eigenvalue weighted by molar-refractivity contribution is 0.747. The third-order valence-corrected chi connectivity index (χ3v) is 3.17. The van der Waals surface area contributed by atoms with Gasteiger partial charge in [-0.1, -0.05) is 15.9 Å². The van der Waals surface area contributed by atoms with Gasteiger partial charge in [-0.15, -0.1) is 0 Å². The third kappa shape index (κ3) is 2.88. The molecule has 2 aromatic rings. The van der Waals surface area contributed by atoms with Gasteiger partial charge in [0, 0.05) is 23.4 Å². The Bertz CT molecular complexity index is 508. The third-order valence-electron chi connectivity index (χ3n) is 2.71. The summed E-state index contributed by atoms with van der Waals surface area (Å²) in [5.74, 6) is 0. The molecule has 1 aromatic carbocycles. The van der Waals surface area contributed by atoms with Crippen LogP contribution in [0.2, 0.25) is 0 Å². The van der Waals surface area contributed by atoms with Crippen molar-refractivity contribution in [3.8, 4) is 0 Å². The zero-order valence-corrected chi connectivity index (χ0v) is 11.9. The van der Waals surface area contributed by atoms with E-state index < -0.39 is 0 Å². The van der Waals surface area contributed by atoms with Crippen molar-refractivity contribution in [3.05, 3.63) is 45.7 Å². The molecule has 0 saturated heterocycles. The van der Waals surface area contributed by atoms with E-state index in [-0.39, 0.29) is 0 Å². The Balaban J connectivity index is 2.14. The van der Waals surface area contributed by atoms with Gasteiger partial charge in [-0.2, -0.15) is 5.10 Å². The molecule has 1 heterocycles. The van der Waals surface area contributed by atoms with E-state index in [0.29, 0.717) is 0 Å². The molecule has 0 fully saturated rings. The van der Waals surface area contributed by atoms with Crippen LogP contribution in [0.4, 0.5) is 5.69 Å². The first-order chi connectivity index (χ1) is 8.06. The molecule has 4 heteroatoms. The summed E-state index contributed by atoms with van der Waals surface area (Å²) in [7, 11) is 1.93. The molecular formula is C13H16BrN3. The molecule has 0 bridgehead atoms. The van der Waals surface area contributed by atoms with E-state index in [9.17, 15) is 0 Å². The topological polar surface area (TPSA) is 29.9 Å². The van der Waals surface area contributed by atoms with Gasteiger partial charge in [0.2, 0.25) is 0 Å². The molecule has 0 saturated carbocycles. The van der Waals surface area contributed by atoms with Gasteiger partial charge in [-0.3, -0.25) is 4.68 Å². The zero-order chi connectivity index (χ0) is 12.4. The van der Waals surface area contributed by atoms with Crippen LogP contribution in [0.3, 0.4) is 0 Å². The van der Waals surface area contributed by atoms with Crippen LogP contribution >= 0.6 is 15.9 Å². The van der Waals surface area contributed by atoms with Crippen LogP contribution in [-0.4, -0.2) is 9.78 Å². The molecule has 1 N–H and O–H groups in total. The maximum atomic E-state index is 4.35. The standard InChI is InChI=1S/C13H16BrN3/c1-9-6-11(14)7-10(2)13(9)15-8-12-4-5-17(3)16-12/h4-7,15H,8H2,1-3H3. The Labute approximate surface area is 110 Å². The highest BCUT2D eigenvalue weighted by Gasteiger charge is 2.04. The van der Waals surface area contributed by atoms with Crippen LogP contribution in [0.5, 0.6) is 0 Å². The molecule has 3 nitrogen and oxygen atoms in total. The Morgan fingerprint density at radius 2 is 1.94 bits per heavy atom. The summed E-state index contributed by atoms with van der Waals surface area (Å²) in [4.78, 5) is 0. The second-order valence-electron chi connectivity index (χ2n) is 4.25. The normalized spacial score (nSPS) is 10.6. The fourth-order valence-corrected chi connectivity index (χ4v) is 2.61. The second-order valence-corrected chi connectivity index (χ2v) is 5.16. The predicted molar refractivity (Wildman–Crippen MR) is 74.2 cm³/mol. The average molecular weight is 294 g/mol. The number of aryl methyl sites for hydroxylation is 3. The first-order valence-electron chi connectivity index (χ1n) is 5.55. The molecule has 1 aromatic heterocycles. The van der Waals surface area contributed by atoms with Gasteiger partial charge in [-0.05, 0) is 43.2 Å². The summed E-state index contributed by atoms with van der Waals surface area (Å²) in [6.07, 6.45) is 1.96. The van der Waals surface area contributed by atoms with Crippen molar-refractivity contribution in [2.24, 2.45) is 7.05 Å². The van der Waals surface area contributed by atoms with E-state index in [1.54, 1.807) is 0 Å². The van der Waals surface area contributed by atoms with Crippen molar-refractivity contribution in [1.82, 2.24) is 9.78 Å². The predicted octanol–water partition coefficient (Wildman–Crippen LogP) is 3.41. The quantitative estimate of drug-likeness (QED) is 0.940. The molecule has 0 radical (unpaired) electrons. The minimum atomic E-state index is 0.754. The van der Waals surface area contributed by atoms with Gasteiger partial charge in [0.1, 0.15) is 0 Å². The number of benzene rings is 1. The SMILES string of the molecule is Cc1cc(Br)cc(C)c1NCc1ccn(C)n1. The number of hydrogen-bond donors (Lipinski definition) is 1. The molecule has 0 unspecified atom stereocenters. The summed E-state index contributed by atoms with van der Waals surface area (Å²) in [5.41, 5.74) is 4.73. The van der Waals surface area contributed by atoms with E-state index >= 15 is 0 Å². The highest BCUT2D eigenvalue weighted by molar-refractivity contribution is 9.10. The average Bonchev–Trinajstić information content (AvgIpc) is 2.62. The summed E-state index contributed by atoms with van der Waals surface area (Å²) in [5, 5.41) is 7.79. The molecule has 17 heavy (non-hydrogen) atoms. The number of halogens is 1. The van der Waals surface area contributed by atoms with Crippen LogP contribution in [-0.2, 0) is 13.6 Å². The monoisotopic (exact) mass is 293 g/mol. The summed E-state index contributed by atoms with van der Waals surface area (Å²) < 4.78 is 2.94. The van der Waals surface area contributed by atoms with Crippen molar-refractivity contribution in [3.63, 3.8) is 0 Å². The maximum Gasteiger partial charge on any atom is 0.0815 e. The molecule has 0 aliphatic carbocycles. The van der Waals surface area contributed by atoms with E-state index in [1.165, 1.54) is 16.8 Å². The van der Waals surface area contributed by atoms with Crippen molar-refractivity contribution >= 4 is 21.6 Å². The number of nitrogens with zero attached hydrogens (tertiary/aromatic N) is 2. The van der Waals surface area contributed by atoms with E-state index in [0.717, 1.165) is 16.7 Å². The van der Waals surface area contributed by atoms with Gasteiger partial charge in [0.15, 0.2) is 0 Å². The number of rotatable bonds is 3. The fourth-order valence-electron chi connectivity index (χ4n) is 1.93. The van der Waals surface area contributed by atoms with E-state index in [4.69, 9.17) is 0 Å². The van der Waals surface area contributed by atoms with Crippen LogP contribution in [0, 0.1) is 13.8 Å². The molecular weight excluding hydrogens is 278 g/mol. The van der Waals surface area contributed by atoms with E-state index in [2.05, 4.69) is 52.3 Å². The Morgan fingerprint density at radius 3 is 2.47 bits per heavy atom. The van der Waals surface area contributed by atoms with Crippen molar-refractivity contribution < 1.29 is 0 Å².